The summed E-state index contributed by atoms with van der Waals surface area (Å²) < 4.78 is 2.15. The van der Waals surface area contributed by atoms with E-state index in [0.717, 1.165) is 29.8 Å². The number of aromatic nitrogens is 2. The third-order valence-electron chi connectivity index (χ3n) is 3.13. The minimum absolute atomic E-state index is 0.640. The van der Waals surface area contributed by atoms with Crippen LogP contribution in [0.5, 0.6) is 0 Å². The van der Waals surface area contributed by atoms with Gasteiger partial charge in [-0.2, -0.15) is 0 Å². The average molecular weight is 246 g/mol. The van der Waals surface area contributed by atoms with E-state index in [1.165, 1.54) is 0 Å². The Kier molecular flexibility index (Phi) is 3.44. The third kappa shape index (κ3) is 2.56. The van der Waals surface area contributed by atoms with E-state index in [0.29, 0.717) is 5.92 Å². The van der Waals surface area contributed by atoms with Gasteiger partial charge >= 0.3 is 0 Å². The van der Waals surface area contributed by atoms with Gasteiger partial charge in [-0.05, 0) is 38.3 Å². The molecule has 0 bridgehead atoms. The molecule has 0 saturated heterocycles. The zero-order chi connectivity index (χ0) is 13.3. The van der Waals surface area contributed by atoms with E-state index in [4.69, 9.17) is 0 Å². The van der Waals surface area contributed by atoms with Crippen molar-refractivity contribution in [1.82, 2.24) is 9.55 Å². The normalized spacial score (nSPS) is 12.6. The summed E-state index contributed by atoms with van der Waals surface area (Å²) in [7, 11) is 0. The average Bonchev–Trinajstić information content (AvgIpc) is 2.64. The summed E-state index contributed by atoms with van der Waals surface area (Å²) in [5.74, 6) is 1.39. The van der Waals surface area contributed by atoms with Gasteiger partial charge in [0.15, 0.2) is 0 Å². The van der Waals surface area contributed by atoms with Gasteiger partial charge < -0.3 is 9.67 Å². The van der Waals surface area contributed by atoms with Crippen LogP contribution in [0, 0.1) is 5.92 Å². The van der Waals surface area contributed by atoms with Crippen LogP contribution in [0.25, 0.3) is 11.0 Å². The zero-order valence-corrected chi connectivity index (χ0v) is 11.6. The molecule has 0 amide bonds. The molecule has 0 unspecified atom stereocenters. The number of aliphatic hydroxyl groups is 1. The molecule has 3 heteroatoms. The van der Waals surface area contributed by atoms with Gasteiger partial charge in [-0.15, -0.1) is 0 Å². The lowest BCUT2D eigenvalue weighted by molar-refractivity contribution is 0.0649. The second-order valence-corrected chi connectivity index (χ2v) is 5.82. The van der Waals surface area contributed by atoms with E-state index in [9.17, 15) is 5.11 Å². The van der Waals surface area contributed by atoms with Crippen molar-refractivity contribution in [3.05, 3.63) is 30.1 Å². The van der Waals surface area contributed by atoms with Gasteiger partial charge in [-0.1, -0.05) is 26.0 Å². The van der Waals surface area contributed by atoms with E-state index in [2.05, 4.69) is 29.5 Å². The number of fused-ring (bicyclic) bond motifs is 1. The summed E-state index contributed by atoms with van der Waals surface area (Å²) in [6, 6.07) is 8.06. The lowest BCUT2D eigenvalue weighted by Gasteiger charge is -2.19. The molecular formula is C15H22N2O. The van der Waals surface area contributed by atoms with Crippen molar-refractivity contribution in [1.29, 1.82) is 0 Å². The summed E-state index contributed by atoms with van der Waals surface area (Å²) in [4.78, 5) is 4.57. The predicted octanol–water partition coefficient (Wildman–Crippen LogP) is 3.31. The molecule has 18 heavy (non-hydrogen) atoms. The van der Waals surface area contributed by atoms with Gasteiger partial charge in [0.2, 0.25) is 0 Å². The van der Waals surface area contributed by atoms with Gasteiger partial charge in [0.1, 0.15) is 11.4 Å². The van der Waals surface area contributed by atoms with Gasteiger partial charge in [0.05, 0.1) is 11.0 Å². The fourth-order valence-corrected chi connectivity index (χ4v) is 2.16. The number of nitrogens with zero attached hydrogens (tertiary/aromatic N) is 2. The first-order valence-corrected chi connectivity index (χ1v) is 6.57. The van der Waals surface area contributed by atoms with Crippen LogP contribution >= 0.6 is 0 Å². The molecule has 0 aliphatic rings. The molecule has 1 aromatic carbocycles. The minimum atomic E-state index is -0.907. The largest absolute Gasteiger partial charge is 0.383 e. The van der Waals surface area contributed by atoms with Crippen molar-refractivity contribution in [2.24, 2.45) is 5.92 Å². The van der Waals surface area contributed by atoms with Crippen LogP contribution in [0.15, 0.2) is 24.3 Å². The van der Waals surface area contributed by atoms with Gasteiger partial charge in [0.25, 0.3) is 0 Å². The number of benzene rings is 1. The maximum absolute atomic E-state index is 10.3. The first kappa shape index (κ1) is 13.1. The maximum Gasteiger partial charge on any atom is 0.141 e. The molecule has 0 aliphatic heterocycles. The number of hydrogen-bond donors (Lipinski definition) is 1. The highest BCUT2D eigenvalue weighted by molar-refractivity contribution is 5.76. The molecule has 2 rings (SSSR count). The number of para-hydroxylation sites is 2. The SMILES string of the molecule is CC(C)CCn1c(C(C)(C)O)nc2ccccc21. The molecule has 3 nitrogen and oxygen atoms in total. The summed E-state index contributed by atoms with van der Waals surface area (Å²) in [6.07, 6.45) is 1.09. The van der Waals surface area contributed by atoms with E-state index in [-0.39, 0.29) is 0 Å². The highest BCUT2D eigenvalue weighted by Crippen LogP contribution is 2.25. The lowest BCUT2D eigenvalue weighted by atomic mass is 10.1. The van der Waals surface area contributed by atoms with Crippen LogP contribution in [-0.2, 0) is 12.1 Å². The lowest BCUT2D eigenvalue weighted by Crippen LogP contribution is -2.22. The van der Waals surface area contributed by atoms with Crippen LogP contribution in [0.1, 0.15) is 39.9 Å². The zero-order valence-electron chi connectivity index (χ0n) is 11.6. The second-order valence-electron chi connectivity index (χ2n) is 5.82. The Labute approximate surface area is 108 Å². The Morgan fingerprint density at radius 1 is 1.28 bits per heavy atom. The van der Waals surface area contributed by atoms with Crippen LogP contribution < -0.4 is 0 Å². The molecule has 0 aliphatic carbocycles. The molecule has 98 valence electrons. The van der Waals surface area contributed by atoms with Crippen molar-refractivity contribution in [3.63, 3.8) is 0 Å². The van der Waals surface area contributed by atoms with E-state index >= 15 is 0 Å². The minimum Gasteiger partial charge on any atom is -0.383 e. The predicted molar refractivity (Wildman–Crippen MR) is 74.4 cm³/mol. The van der Waals surface area contributed by atoms with E-state index in [1.807, 2.05) is 18.2 Å². The Morgan fingerprint density at radius 3 is 2.56 bits per heavy atom. The highest BCUT2D eigenvalue weighted by Gasteiger charge is 2.24. The Balaban J connectivity index is 2.51. The number of rotatable bonds is 4. The van der Waals surface area contributed by atoms with Crippen LogP contribution in [0.4, 0.5) is 0 Å². The van der Waals surface area contributed by atoms with Crippen molar-refractivity contribution in [2.45, 2.75) is 46.3 Å². The van der Waals surface area contributed by atoms with E-state index in [1.54, 1.807) is 13.8 Å². The first-order valence-electron chi connectivity index (χ1n) is 6.57. The first-order chi connectivity index (χ1) is 8.39. The Bertz CT molecular complexity index is 535. The highest BCUT2D eigenvalue weighted by atomic mass is 16.3. The topological polar surface area (TPSA) is 38.0 Å². The maximum atomic E-state index is 10.3. The Morgan fingerprint density at radius 2 is 1.94 bits per heavy atom. The van der Waals surface area contributed by atoms with E-state index < -0.39 is 5.60 Å². The van der Waals surface area contributed by atoms with Crippen LogP contribution in [-0.4, -0.2) is 14.7 Å². The molecular weight excluding hydrogens is 224 g/mol. The second kappa shape index (κ2) is 4.73. The third-order valence-corrected chi connectivity index (χ3v) is 3.13. The van der Waals surface area contributed by atoms with Gasteiger partial charge in [-0.3, -0.25) is 0 Å². The molecule has 1 N–H and O–H groups in total. The summed E-state index contributed by atoms with van der Waals surface area (Å²) >= 11 is 0. The molecule has 1 aromatic heterocycles. The van der Waals surface area contributed by atoms with Gasteiger partial charge in [-0.25, -0.2) is 4.98 Å². The van der Waals surface area contributed by atoms with Crippen LogP contribution in [0.2, 0.25) is 0 Å². The number of hydrogen-bond acceptors (Lipinski definition) is 2. The molecule has 0 saturated carbocycles. The Hall–Kier alpha value is -1.35. The smallest absolute Gasteiger partial charge is 0.141 e. The standard InChI is InChI=1S/C15H22N2O/c1-11(2)9-10-17-13-8-6-5-7-12(13)16-14(17)15(3,4)18/h5-8,11,18H,9-10H2,1-4H3. The monoisotopic (exact) mass is 246 g/mol. The van der Waals surface area contributed by atoms with Crippen molar-refractivity contribution in [3.8, 4) is 0 Å². The number of imidazole rings is 1. The quantitative estimate of drug-likeness (QED) is 0.898. The van der Waals surface area contributed by atoms with Crippen molar-refractivity contribution < 1.29 is 5.11 Å². The van der Waals surface area contributed by atoms with Crippen molar-refractivity contribution in [2.75, 3.05) is 0 Å². The molecule has 2 aromatic rings. The molecule has 0 radical (unpaired) electrons. The molecule has 1 heterocycles. The number of aryl methyl sites for hydroxylation is 1. The fraction of sp³-hybridized carbons (Fsp3) is 0.533. The van der Waals surface area contributed by atoms with Gasteiger partial charge in [0, 0.05) is 6.54 Å². The molecule has 0 fully saturated rings. The van der Waals surface area contributed by atoms with Crippen molar-refractivity contribution >= 4 is 11.0 Å². The molecule has 0 atom stereocenters. The summed E-state index contributed by atoms with van der Waals surface area (Å²) in [5, 5.41) is 10.3. The summed E-state index contributed by atoms with van der Waals surface area (Å²) in [6.45, 7) is 8.91. The molecule has 0 spiro atoms. The fourth-order valence-electron chi connectivity index (χ4n) is 2.16. The summed E-state index contributed by atoms with van der Waals surface area (Å²) in [5.41, 5.74) is 1.16. The van der Waals surface area contributed by atoms with Crippen LogP contribution in [0.3, 0.4) is 0 Å².